The maximum Gasteiger partial charge on any atom is 0.308 e. The highest BCUT2D eigenvalue weighted by molar-refractivity contribution is 7.86. The first-order valence-electron chi connectivity index (χ1n) is 31.8. The van der Waals surface area contributed by atoms with Crippen LogP contribution in [-0.4, -0.2) is 254 Å². The summed E-state index contributed by atoms with van der Waals surface area (Å²) in [6.45, 7) is 30.1. The summed E-state index contributed by atoms with van der Waals surface area (Å²) in [6.07, 6.45) is 4.08. The van der Waals surface area contributed by atoms with E-state index < -0.39 is 120 Å². The zero-order chi connectivity index (χ0) is 78.4. The van der Waals surface area contributed by atoms with Crippen LogP contribution in [0.5, 0.6) is 0 Å². The van der Waals surface area contributed by atoms with Crippen molar-refractivity contribution in [2.24, 2.45) is 0 Å². The van der Waals surface area contributed by atoms with Gasteiger partial charge in [-0.15, -0.1) is 0 Å². The molecule has 0 fully saturated rings. The maximum atomic E-state index is 12.5. The second kappa shape index (κ2) is 55.1. The molecule has 0 saturated heterocycles. The summed E-state index contributed by atoms with van der Waals surface area (Å²) < 4.78 is 94.3. The van der Waals surface area contributed by atoms with Gasteiger partial charge >= 0.3 is 53.7 Å². The number of carbonyl (C=O) groups is 14. The lowest BCUT2D eigenvalue weighted by atomic mass is 10.2. The molecule has 5 amide bonds. The van der Waals surface area contributed by atoms with Gasteiger partial charge in [-0.05, 0) is 62.3 Å². The number of hydrogen-bond donors (Lipinski definition) is 7. The van der Waals surface area contributed by atoms with E-state index in [4.69, 9.17) is 52.5 Å². The van der Waals surface area contributed by atoms with E-state index in [0.29, 0.717) is 19.5 Å². The van der Waals surface area contributed by atoms with Crippen molar-refractivity contribution in [3.05, 3.63) is 50.6 Å². The molecule has 0 aliphatic heterocycles. The Hall–Kier alpha value is -8.68. The van der Waals surface area contributed by atoms with E-state index in [2.05, 4.69) is 42.3 Å². The van der Waals surface area contributed by atoms with Gasteiger partial charge in [0.1, 0.15) is 43.2 Å². The van der Waals surface area contributed by atoms with Gasteiger partial charge in [-0.1, -0.05) is 50.6 Å². The van der Waals surface area contributed by atoms with Gasteiger partial charge < -0.3 is 74.0 Å². The van der Waals surface area contributed by atoms with Crippen LogP contribution in [0.15, 0.2) is 50.6 Å². The minimum absolute atomic E-state index is 0.00708. The number of carbonyl (C=O) groups excluding carboxylic acids is 12. The van der Waals surface area contributed by atoms with Crippen LogP contribution in [0.1, 0.15) is 152 Å². The minimum atomic E-state index is -4.20. The Morgan fingerprint density at radius 1 is 0.347 bits per heavy atom. The van der Waals surface area contributed by atoms with E-state index in [1.807, 2.05) is 20.8 Å². The fraction of sp³-hybridized carbons (Fsp3) is 0.656. The number of aliphatic carboxylic acids is 2. The molecule has 0 saturated carbocycles. The summed E-state index contributed by atoms with van der Waals surface area (Å²) in [5, 5.41) is 24.9. The molecule has 37 heteroatoms. The van der Waals surface area contributed by atoms with Gasteiger partial charge in [0.25, 0.3) is 20.2 Å². The van der Waals surface area contributed by atoms with Crippen molar-refractivity contribution in [2.45, 2.75) is 169 Å². The molecule has 0 aromatic heterocycles. The topological polar surface area (TPSA) is 499 Å². The molecule has 0 aliphatic rings. The highest BCUT2D eigenvalue weighted by Crippen LogP contribution is 2.13. The van der Waals surface area contributed by atoms with Crippen LogP contribution in [0.3, 0.4) is 0 Å². The van der Waals surface area contributed by atoms with Gasteiger partial charge in [0, 0.05) is 97.6 Å². The Labute approximate surface area is 591 Å². The van der Waals surface area contributed by atoms with E-state index in [1.54, 1.807) is 41.5 Å². The molecule has 578 valence electrons. The minimum Gasteiger partial charge on any atom is -0.481 e. The lowest BCUT2D eigenvalue weighted by Crippen LogP contribution is -2.37. The van der Waals surface area contributed by atoms with Gasteiger partial charge in [-0.2, -0.15) is 16.8 Å². The Kier molecular flexibility index (Phi) is 53.8. The average molecular weight is 1490 g/mol. The third-order valence-electron chi connectivity index (χ3n) is 11.4. The van der Waals surface area contributed by atoms with E-state index in [9.17, 15) is 84.0 Å². The third-order valence-corrected chi connectivity index (χ3v) is 12.8. The second-order valence-corrected chi connectivity index (χ2v) is 27.2. The number of ether oxygens (including phenoxy) is 7. The normalized spacial score (nSPS) is 10.9. The number of carboxylic acids is 2. The van der Waals surface area contributed by atoms with Crippen molar-refractivity contribution >= 4 is 103 Å². The van der Waals surface area contributed by atoms with Gasteiger partial charge in [0.15, 0.2) is 0 Å². The molecule has 0 aromatic rings. The van der Waals surface area contributed by atoms with E-state index in [0.717, 1.165) is 4.90 Å². The summed E-state index contributed by atoms with van der Waals surface area (Å²) >= 11 is 0. The molecule has 0 rings (SSSR count). The van der Waals surface area contributed by atoms with Crippen LogP contribution in [-0.2, 0) is 121 Å². The molecule has 0 spiro atoms. The van der Waals surface area contributed by atoms with Gasteiger partial charge in [-0.3, -0.25) is 76.2 Å². The largest absolute Gasteiger partial charge is 0.481 e. The van der Waals surface area contributed by atoms with Crippen molar-refractivity contribution in [3.8, 4) is 0 Å². The number of nitrogens with one attached hydrogen (secondary N) is 3. The lowest BCUT2D eigenvalue weighted by Gasteiger charge is -2.24. The number of hydrogen-bond acceptors (Lipinski definition) is 26. The molecule has 0 heterocycles. The van der Waals surface area contributed by atoms with E-state index >= 15 is 0 Å². The fourth-order valence-electron chi connectivity index (χ4n) is 6.97. The summed E-state index contributed by atoms with van der Waals surface area (Å²) in [5.74, 6) is -9.25. The molecule has 0 bridgehead atoms. The Morgan fingerprint density at radius 3 is 0.842 bits per heavy atom. The summed E-state index contributed by atoms with van der Waals surface area (Å²) in [4.78, 5) is 166. The first kappa shape index (κ1) is 98.7. The smallest absolute Gasteiger partial charge is 0.308 e. The zero-order valence-corrected chi connectivity index (χ0v) is 61.1. The highest BCUT2D eigenvalue weighted by Gasteiger charge is 2.25. The number of esters is 7. The first-order valence-corrected chi connectivity index (χ1v) is 35.0. The van der Waals surface area contributed by atoms with Crippen molar-refractivity contribution < 1.29 is 136 Å². The van der Waals surface area contributed by atoms with Crippen LogP contribution in [0.4, 0.5) is 0 Å². The monoisotopic (exact) mass is 1490 g/mol. The summed E-state index contributed by atoms with van der Waals surface area (Å²) in [6, 6.07) is 0. The maximum absolute atomic E-state index is 12.5. The van der Waals surface area contributed by atoms with Crippen LogP contribution in [0.25, 0.3) is 0 Å². The van der Waals surface area contributed by atoms with Gasteiger partial charge in [-0.25, -0.2) is 0 Å². The quantitative estimate of drug-likeness (QED) is 0.0151. The van der Waals surface area contributed by atoms with Crippen LogP contribution >= 0.6 is 0 Å². The Bertz CT molecular complexity index is 2920. The SMILES string of the molecule is C=CCOC(=O)CCN(CCC(=O)O)C(=O)CCC(=O)NCCS(=O)(=O)O.C=CCOC(=O)CCN(CCC(=O)OC(C)(C)C)C(=O)CCC(=O)NCCS(=O)(=O)O.C=CCOC(=O)CCN(CCC(=O)OC(C)(C)C)C(=O)CCC(=O)O.C=CCOC(=O)CCNCCC(=O)OC(C)(C)C. The third kappa shape index (κ3) is 71.0. The van der Waals surface area contributed by atoms with Crippen LogP contribution in [0.2, 0.25) is 0 Å². The lowest BCUT2D eigenvalue weighted by molar-refractivity contribution is -0.157. The van der Waals surface area contributed by atoms with Crippen molar-refractivity contribution in [3.63, 3.8) is 0 Å². The number of amides is 5. The van der Waals surface area contributed by atoms with E-state index in [-0.39, 0.29) is 174 Å². The number of nitrogens with zero attached hydrogens (tertiary/aromatic N) is 3. The van der Waals surface area contributed by atoms with Crippen LogP contribution in [0, 0.1) is 0 Å². The predicted octanol–water partition coefficient (Wildman–Crippen LogP) is 2.60. The average Bonchev–Trinajstić information content (AvgIpc) is 0.930. The molecule has 0 unspecified atom stereocenters. The molecular weight excluding hydrogens is 1380 g/mol. The fourth-order valence-corrected chi connectivity index (χ4v) is 7.69. The van der Waals surface area contributed by atoms with Crippen molar-refractivity contribution in [1.29, 1.82) is 0 Å². The number of rotatable bonds is 47. The number of carboxylic acid groups (broad SMARTS) is 2. The van der Waals surface area contributed by atoms with E-state index in [1.165, 1.54) is 34.1 Å². The molecular formula is C64H106N6O29S2. The zero-order valence-electron chi connectivity index (χ0n) is 59.5. The van der Waals surface area contributed by atoms with Crippen molar-refractivity contribution in [2.75, 3.05) is 103 Å². The molecule has 0 aliphatic carbocycles. The summed E-state index contributed by atoms with van der Waals surface area (Å²) in [7, 11) is -8.40. The summed E-state index contributed by atoms with van der Waals surface area (Å²) in [5.41, 5.74) is -1.77. The molecule has 101 heavy (non-hydrogen) atoms. The highest BCUT2D eigenvalue weighted by atomic mass is 32.2. The van der Waals surface area contributed by atoms with Gasteiger partial charge in [0.2, 0.25) is 29.5 Å². The van der Waals surface area contributed by atoms with Gasteiger partial charge in [0.05, 0.1) is 69.3 Å². The molecule has 0 radical (unpaired) electrons. The predicted molar refractivity (Wildman–Crippen MR) is 364 cm³/mol. The first-order chi connectivity index (χ1) is 46.7. The van der Waals surface area contributed by atoms with Crippen molar-refractivity contribution in [1.82, 2.24) is 30.7 Å². The molecule has 0 aromatic carbocycles. The molecule has 35 nitrogen and oxygen atoms in total. The Balaban J connectivity index is -0.000000631. The van der Waals surface area contributed by atoms with Crippen LogP contribution < -0.4 is 16.0 Å². The molecule has 0 atom stereocenters. The second-order valence-electron chi connectivity index (χ2n) is 24.1. The molecule has 7 N–H and O–H groups in total. The Morgan fingerprint density at radius 2 is 0.584 bits per heavy atom. The standard InChI is InChI=1S/C19H32N2O9S.C17H27NO7.C15H24N2O9S.C13H23NO4/c1-5-13-29-17(24)8-11-21(12-9-18(25)30-19(2,3)4)16(23)7-6-15(22)20-10-14-31(26,27)28;1-5-12-24-15(22)8-10-18(13(19)6-7-14(20)21)11-9-16(23)25-17(2,3)4;1-2-10-26-15(22)6-9-17(8-5-14(20)21)13(19)4-3-12(18)16-7-11-27(23,24)25;1-5-10-17-11(15)6-8-14-9-7-12(16)18-13(2,3)4/h5H,1,6-14H2,2-4H3,(H,20,22)(H,26,27,28);5H,1,6-12H2,2-4H3,(H,20,21);2H,1,3-11H2,(H,16,18)(H,20,21)(H,23,24,25);5,14H,1,6-10H2,2-4H3.